The lowest BCUT2D eigenvalue weighted by molar-refractivity contribution is -0.0829. The minimum Gasteiger partial charge on any atom is -0.390 e. The van der Waals surface area contributed by atoms with Gasteiger partial charge in [-0.05, 0) is 69.6 Å². The molecule has 0 saturated heterocycles. The molecule has 2 rings (SSSR count). The molecule has 2 aliphatic carbocycles. The first kappa shape index (κ1) is 13.4. The monoisotopic (exact) mass is 240 g/mol. The standard InChI is InChI=1S/C15H28O2/c1-10-5-7-12(14(3,4)16)9-15(17)11(2)6-8-13(10)15/h10-13,16-17H,5-9H2,1-4H3/t10-,11-,12-,13-,15-/m1/s1. The van der Waals surface area contributed by atoms with Gasteiger partial charge in [0.25, 0.3) is 0 Å². The van der Waals surface area contributed by atoms with Gasteiger partial charge in [-0.25, -0.2) is 0 Å². The van der Waals surface area contributed by atoms with Crippen LogP contribution in [-0.2, 0) is 0 Å². The topological polar surface area (TPSA) is 40.5 Å². The van der Waals surface area contributed by atoms with E-state index in [0.29, 0.717) is 17.8 Å². The highest BCUT2D eigenvalue weighted by molar-refractivity contribution is 5.03. The second-order valence-electron chi connectivity index (χ2n) is 7.19. The molecular weight excluding hydrogens is 212 g/mol. The third kappa shape index (κ3) is 2.26. The molecule has 2 aliphatic rings. The van der Waals surface area contributed by atoms with Gasteiger partial charge >= 0.3 is 0 Å². The van der Waals surface area contributed by atoms with Crippen LogP contribution in [0.5, 0.6) is 0 Å². The van der Waals surface area contributed by atoms with Gasteiger partial charge in [0.15, 0.2) is 0 Å². The number of hydrogen-bond donors (Lipinski definition) is 2. The van der Waals surface area contributed by atoms with E-state index < -0.39 is 11.2 Å². The van der Waals surface area contributed by atoms with E-state index in [1.165, 1.54) is 0 Å². The summed E-state index contributed by atoms with van der Waals surface area (Å²) in [5.74, 6) is 1.67. The van der Waals surface area contributed by atoms with Crippen LogP contribution in [0.25, 0.3) is 0 Å². The minimum atomic E-state index is -0.660. The second kappa shape index (κ2) is 4.24. The molecule has 0 aromatic carbocycles. The third-order valence-electron chi connectivity index (χ3n) is 5.64. The van der Waals surface area contributed by atoms with Crippen molar-refractivity contribution in [2.75, 3.05) is 0 Å². The van der Waals surface area contributed by atoms with Gasteiger partial charge in [-0.3, -0.25) is 0 Å². The Labute approximate surface area is 105 Å². The van der Waals surface area contributed by atoms with Crippen LogP contribution in [0.4, 0.5) is 0 Å². The Morgan fingerprint density at radius 2 is 1.71 bits per heavy atom. The van der Waals surface area contributed by atoms with Gasteiger partial charge in [-0.2, -0.15) is 0 Å². The Hall–Kier alpha value is -0.0800. The maximum Gasteiger partial charge on any atom is 0.0707 e. The lowest BCUT2D eigenvalue weighted by atomic mass is 9.73. The predicted octanol–water partition coefficient (Wildman–Crippen LogP) is 2.97. The molecule has 2 nitrogen and oxygen atoms in total. The van der Waals surface area contributed by atoms with Gasteiger partial charge in [0.2, 0.25) is 0 Å². The van der Waals surface area contributed by atoms with Gasteiger partial charge in [0.1, 0.15) is 0 Å². The van der Waals surface area contributed by atoms with Crippen LogP contribution in [0.15, 0.2) is 0 Å². The first-order valence-electron chi connectivity index (χ1n) is 7.20. The highest BCUT2D eigenvalue weighted by Crippen LogP contribution is 2.52. The van der Waals surface area contributed by atoms with Crippen molar-refractivity contribution in [3.05, 3.63) is 0 Å². The summed E-state index contributed by atoms with van der Waals surface area (Å²) in [4.78, 5) is 0. The number of hydrogen-bond acceptors (Lipinski definition) is 2. The lowest BCUT2D eigenvalue weighted by Crippen LogP contribution is -2.44. The molecule has 0 radical (unpaired) electrons. The summed E-state index contributed by atoms with van der Waals surface area (Å²) in [5, 5.41) is 21.3. The fraction of sp³-hybridized carbons (Fsp3) is 1.00. The average Bonchev–Trinajstić information content (AvgIpc) is 2.40. The summed E-state index contributed by atoms with van der Waals surface area (Å²) < 4.78 is 0. The van der Waals surface area contributed by atoms with Crippen molar-refractivity contribution >= 4 is 0 Å². The second-order valence-corrected chi connectivity index (χ2v) is 7.19. The zero-order valence-corrected chi connectivity index (χ0v) is 11.7. The Balaban J connectivity index is 2.26. The van der Waals surface area contributed by atoms with Gasteiger partial charge in [-0.15, -0.1) is 0 Å². The van der Waals surface area contributed by atoms with Gasteiger partial charge in [-0.1, -0.05) is 13.8 Å². The molecule has 0 amide bonds. The van der Waals surface area contributed by atoms with Crippen molar-refractivity contribution in [3.63, 3.8) is 0 Å². The van der Waals surface area contributed by atoms with E-state index in [9.17, 15) is 10.2 Å². The van der Waals surface area contributed by atoms with Crippen molar-refractivity contribution in [2.24, 2.45) is 23.7 Å². The van der Waals surface area contributed by atoms with E-state index >= 15 is 0 Å². The maximum atomic E-state index is 11.1. The highest BCUT2D eigenvalue weighted by atomic mass is 16.3. The van der Waals surface area contributed by atoms with Crippen molar-refractivity contribution in [3.8, 4) is 0 Å². The summed E-state index contributed by atoms with van der Waals surface area (Å²) in [6.45, 7) is 8.25. The van der Waals surface area contributed by atoms with Gasteiger partial charge in [0.05, 0.1) is 11.2 Å². The smallest absolute Gasteiger partial charge is 0.0707 e. The molecule has 0 aliphatic heterocycles. The molecule has 0 heterocycles. The van der Waals surface area contributed by atoms with E-state index in [0.717, 1.165) is 32.1 Å². The Morgan fingerprint density at radius 1 is 1.06 bits per heavy atom. The molecule has 0 aromatic heterocycles. The number of aliphatic hydroxyl groups is 2. The van der Waals surface area contributed by atoms with E-state index in [-0.39, 0.29) is 5.92 Å². The first-order valence-corrected chi connectivity index (χ1v) is 7.20. The fourth-order valence-electron chi connectivity index (χ4n) is 4.19. The van der Waals surface area contributed by atoms with Crippen molar-refractivity contribution in [1.29, 1.82) is 0 Å². The summed E-state index contributed by atoms with van der Waals surface area (Å²) >= 11 is 0. The molecule has 2 N–H and O–H groups in total. The van der Waals surface area contributed by atoms with Crippen LogP contribution in [0.3, 0.4) is 0 Å². The average molecular weight is 240 g/mol. The predicted molar refractivity (Wildman–Crippen MR) is 69.6 cm³/mol. The third-order valence-corrected chi connectivity index (χ3v) is 5.64. The highest BCUT2D eigenvalue weighted by Gasteiger charge is 2.52. The Bertz CT molecular complexity index is 281. The molecule has 0 bridgehead atoms. The Kier molecular flexibility index (Phi) is 3.33. The van der Waals surface area contributed by atoms with Gasteiger partial charge < -0.3 is 10.2 Å². The molecule has 0 unspecified atom stereocenters. The SMILES string of the molecule is C[C@@H]1CC[C@@H](C(C)(C)O)C[C@@]2(O)[C@H](C)CC[C@H]12. The van der Waals surface area contributed by atoms with E-state index in [1.54, 1.807) is 0 Å². The lowest BCUT2D eigenvalue weighted by Gasteiger charge is -2.39. The van der Waals surface area contributed by atoms with E-state index in [1.807, 2.05) is 13.8 Å². The maximum absolute atomic E-state index is 11.1. The molecule has 2 fully saturated rings. The van der Waals surface area contributed by atoms with Crippen LogP contribution in [0, 0.1) is 23.7 Å². The fourth-order valence-corrected chi connectivity index (χ4v) is 4.19. The minimum absolute atomic E-state index is 0.237. The molecule has 0 aromatic rings. The van der Waals surface area contributed by atoms with Crippen molar-refractivity contribution in [2.45, 2.75) is 71.0 Å². The molecule has 17 heavy (non-hydrogen) atoms. The summed E-state index contributed by atoms with van der Waals surface area (Å²) in [7, 11) is 0. The normalized spacial score (nSPS) is 47.6. The zero-order chi connectivity index (χ0) is 12.8. The summed E-state index contributed by atoms with van der Waals surface area (Å²) in [6, 6.07) is 0. The molecule has 100 valence electrons. The van der Waals surface area contributed by atoms with Crippen LogP contribution in [0.1, 0.15) is 59.8 Å². The quantitative estimate of drug-likeness (QED) is 0.740. The molecule has 5 atom stereocenters. The zero-order valence-electron chi connectivity index (χ0n) is 11.7. The van der Waals surface area contributed by atoms with Crippen LogP contribution < -0.4 is 0 Å². The van der Waals surface area contributed by atoms with E-state index in [2.05, 4.69) is 13.8 Å². The first-order chi connectivity index (χ1) is 7.75. The van der Waals surface area contributed by atoms with Crippen LogP contribution in [-0.4, -0.2) is 21.4 Å². The van der Waals surface area contributed by atoms with Crippen LogP contribution in [0.2, 0.25) is 0 Å². The van der Waals surface area contributed by atoms with E-state index in [4.69, 9.17) is 0 Å². The van der Waals surface area contributed by atoms with Crippen molar-refractivity contribution in [1.82, 2.24) is 0 Å². The molecule has 2 saturated carbocycles. The summed E-state index contributed by atoms with van der Waals surface area (Å²) in [6.07, 6.45) is 5.29. The number of fused-ring (bicyclic) bond motifs is 1. The molecule has 2 heteroatoms. The Morgan fingerprint density at radius 3 is 2.29 bits per heavy atom. The molecular formula is C15H28O2. The number of rotatable bonds is 1. The van der Waals surface area contributed by atoms with Crippen LogP contribution >= 0.6 is 0 Å². The largest absolute Gasteiger partial charge is 0.390 e. The van der Waals surface area contributed by atoms with Gasteiger partial charge in [0, 0.05) is 0 Å². The summed E-state index contributed by atoms with van der Waals surface area (Å²) in [5.41, 5.74) is -1.19. The molecule has 0 spiro atoms. The van der Waals surface area contributed by atoms with Crippen molar-refractivity contribution < 1.29 is 10.2 Å².